The van der Waals surface area contributed by atoms with Crippen LogP contribution in [0.5, 0.6) is 5.75 Å². The van der Waals surface area contributed by atoms with Crippen LogP contribution in [0.1, 0.15) is 48.3 Å². The predicted molar refractivity (Wildman–Crippen MR) is 71.6 cm³/mol. The number of ketones is 1. The van der Waals surface area contributed by atoms with Gasteiger partial charge < -0.3 is 15.2 Å². The Morgan fingerprint density at radius 1 is 1.42 bits per heavy atom. The molecule has 0 saturated heterocycles. The van der Waals surface area contributed by atoms with Crippen molar-refractivity contribution in [2.45, 2.75) is 45.4 Å². The van der Waals surface area contributed by atoms with E-state index >= 15 is 0 Å². The first-order chi connectivity index (χ1) is 8.72. The Bertz CT molecular complexity index is 535. The molecule has 5 nitrogen and oxygen atoms in total. The molecule has 0 aliphatic carbocycles. The van der Waals surface area contributed by atoms with E-state index < -0.39 is 17.7 Å². The molecule has 1 amide bonds. The number of carbonyl (C=O) groups excluding carboxylic acids is 2. The van der Waals surface area contributed by atoms with E-state index in [0.717, 1.165) is 0 Å². The van der Waals surface area contributed by atoms with Gasteiger partial charge in [-0.05, 0) is 20.8 Å². The van der Waals surface area contributed by atoms with Gasteiger partial charge in [-0.25, -0.2) is 0 Å². The fourth-order valence-corrected chi connectivity index (χ4v) is 3.17. The molecule has 2 N–H and O–H groups in total. The minimum Gasteiger partial charge on any atom is -0.484 e. The van der Waals surface area contributed by atoms with Crippen molar-refractivity contribution in [1.29, 1.82) is 0 Å². The summed E-state index contributed by atoms with van der Waals surface area (Å²) < 4.78 is 5.73. The van der Waals surface area contributed by atoms with E-state index in [2.05, 4.69) is 5.32 Å². The van der Waals surface area contributed by atoms with Gasteiger partial charge in [0.05, 0.1) is 15.8 Å². The lowest BCUT2D eigenvalue weighted by Gasteiger charge is -2.40. The van der Waals surface area contributed by atoms with Gasteiger partial charge in [0.15, 0.2) is 5.78 Å². The smallest absolute Gasteiger partial charge is 0.217 e. The number of nitrogens with one attached hydrogen (secondary N) is 1. The first-order valence-electron chi connectivity index (χ1n) is 6.01. The molecule has 0 saturated carbocycles. The molecule has 0 radical (unpaired) electrons. The quantitative estimate of drug-likeness (QED) is 0.809. The maximum Gasteiger partial charge on any atom is 0.217 e. The molecule has 2 atom stereocenters. The predicted octanol–water partition coefficient (Wildman–Crippen LogP) is 1.66. The van der Waals surface area contributed by atoms with Crippen molar-refractivity contribution in [3.8, 4) is 5.75 Å². The van der Waals surface area contributed by atoms with Crippen LogP contribution in [0.2, 0.25) is 0 Å². The minimum absolute atomic E-state index is 0.0585. The average Bonchev–Trinajstić information content (AvgIpc) is 2.67. The van der Waals surface area contributed by atoms with E-state index in [9.17, 15) is 14.7 Å². The van der Waals surface area contributed by atoms with Gasteiger partial charge in [-0.1, -0.05) is 0 Å². The first-order valence-corrected chi connectivity index (χ1v) is 6.83. The van der Waals surface area contributed by atoms with Gasteiger partial charge >= 0.3 is 0 Å². The molecule has 1 aromatic rings. The number of hydrogen-bond acceptors (Lipinski definition) is 5. The van der Waals surface area contributed by atoms with Crippen LogP contribution in [0.4, 0.5) is 0 Å². The molecule has 104 valence electrons. The summed E-state index contributed by atoms with van der Waals surface area (Å²) in [6.07, 6.45) is -0.873. The standard InChI is InChI=1S/C13H17NO4S/c1-6(15)9-5-8-11(19-9)10(14-7(2)16)12(17)13(3,4)18-8/h5,10,12,17H,1-4H3,(H,14,16)/t10-,12+/m1/s1. The van der Waals surface area contributed by atoms with E-state index in [1.807, 2.05) is 0 Å². The zero-order chi connectivity index (χ0) is 14.4. The molecule has 0 aromatic carbocycles. The average molecular weight is 283 g/mol. The summed E-state index contributed by atoms with van der Waals surface area (Å²) in [5, 5.41) is 13.0. The van der Waals surface area contributed by atoms with Crippen LogP contribution in [0.15, 0.2) is 6.07 Å². The molecule has 1 aliphatic rings. The Morgan fingerprint density at radius 3 is 2.58 bits per heavy atom. The van der Waals surface area contributed by atoms with Crippen LogP contribution in [0, 0.1) is 0 Å². The maximum absolute atomic E-state index is 11.4. The highest BCUT2D eigenvalue weighted by Gasteiger charge is 2.44. The van der Waals surface area contributed by atoms with E-state index in [1.54, 1.807) is 19.9 Å². The number of amides is 1. The lowest BCUT2D eigenvalue weighted by Crippen LogP contribution is -2.52. The zero-order valence-corrected chi connectivity index (χ0v) is 12.1. The summed E-state index contributed by atoms with van der Waals surface area (Å²) in [6, 6.07) is 1.12. The van der Waals surface area contributed by atoms with Crippen molar-refractivity contribution in [2.75, 3.05) is 0 Å². The second kappa shape index (κ2) is 4.61. The molecule has 0 spiro atoms. The Kier molecular flexibility index (Phi) is 3.40. The van der Waals surface area contributed by atoms with Gasteiger partial charge in [0.2, 0.25) is 5.91 Å². The van der Waals surface area contributed by atoms with Crippen LogP contribution in [-0.2, 0) is 4.79 Å². The van der Waals surface area contributed by atoms with E-state index in [-0.39, 0.29) is 11.7 Å². The van der Waals surface area contributed by atoms with E-state index in [1.165, 1.54) is 25.2 Å². The molecular formula is C13H17NO4S. The normalized spacial score (nSPS) is 24.3. The highest BCUT2D eigenvalue weighted by atomic mass is 32.1. The molecule has 0 fully saturated rings. The number of aliphatic hydroxyl groups excluding tert-OH is 1. The third-order valence-electron chi connectivity index (χ3n) is 3.11. The zero-order valence-electron chi connectivity index (χ0n) is 11.3. The highest BCUT2D eigenvalue weighted by molar-refractivity contribution is 7.14. The van der Waals surface area contributed by atoms with Crippen LogP contribution < -0.4 is 10.1 Å². The molecule has 2 heterocycles. The van der Waals surface area contributed by atoms with Gasteiger partial charge in [0, 0.05) is 13.0 Å². The van der Waals surface area contributed by atoms with Crippen LogP contribution >= 0.6 is 11.3 Å². The SMILES string of the molecule is CC(=O)N[C@@H]1c2sc(C(C)=O)cc2OC(C)(C)[C@H]1O. The molecule has 6 heteroatoms. The number of Topliss-reactive ketones (excluding diaryl/α,β-unsaturated/α-hetero) is 1. The third kappa shape index (κ3) is 2.50. The summed E-state index contributed by atoms with van der Waals surface area (Å²) in [5.74, 6) is 0.270. The van der Waals surface area contributed by atoms with Crippen molar-refractivity contribution in [3.63, 3.8) is 0 Å². The number of fused-ring (bicyclic) bond motifs is 1. The van der Waals surface area contributed by atoms with Crippen molar-refractivity contribution in [1.82, 2.24) is 5.32 Å². The first kappa shape index (κ1) is 14.0. The molecule has 0 bridgehead atoms. The summed E-state index contributed by atoms with van der Waals surface area (Å²) >= 11 is 1.25. The Balaban J connectivity index is 2.48. The van der Waals surface area contributed by atoms with E-state index in [4.69, 9.17) is 4.74 Å². The number of carbonyl (C=O) groups is 2. The van der Waals surface area contributed by atoms with Crippen molar-refractivity contribution in [3.05, 3.63) is 15.8 Å². The lowest BCUT2D eigenvalue weighted by atomic mass is 9.90. The number of ether oxygens (including phenoxy) is 1. The van der Waals surface area contributed by atoms with E-state index in [0.29, 0.717) is 15.5 Å². The Hall–Kier alpha value is -1.40. The molecule has 1 aliphatic heterocycles. The van der Waals surface area contributed by atoms with Gasteiger partial charge in [0.1, 0.15) is 17.5 Å². The van der Waals surface area contributed by atoms with Crippen molar-refractivity contribution in [2.24, 2.45) is 0 Å². The summed E-state index contributed by atoms with van der Waals surface area (Å²) in [5.41, 5.74) is -0.824. The molecule has 1 aromatic heterocycles. The fraction of sp³-hybridized carbons (Fsp3) is 0.538. The van der Waals surface area contributed by atoms with Crippen molar-refractivity contribution >= 4 is 23.0 Å². The molecule has 19 heavy (non-hydrogen) atoms. The van der Waals surface area contributed by atoms with Crippen LogP contribution in [-0.4, -0.2) is 28.5 Å². The van der Waals surface area contributed by atoms with Crippen LogP contribution in [0.3, 0.4) is 0 Å². The fourth-order valence-electron chi connectivity index (χ4n) is 2.11. The second-order valence-corrected chi connectivity index (χ2v) is 6.31. The van der Waals surface area contributed by atoms with Gasteiger partial charge in [0.25, 0.3) is 0 Å². The maximum atomic E-state index is 11.4. The van der Waals surface area contributed by atoms with Gasteiger partial charge in [-0.2, -0.15) is 0 Å². The third-order valence-corrected chi connectivity index (χ3v) is 4.41. The summed E-state index contributed by atoms with van der Waals surface area (Å²) in [6.45, 7) is 6.38. The van der Waals surface area contributed by atoms with Gasteiger partial charge in [-0.15, -0.1) is 11.3 Å². The summed E-state index contributed by atoms with van der Waals surface area (Å²) in [7, 11) is 0. The largest absolute Gasteiger partial charge is 0.484 e. The summed E-state index contributed by atoms with van der Waals surface area (Å²) in [4.78, 5) is 24.0. The second-order valence-electron chi connectivity index (χ2n) is 5.22. The number of hydrogen-bond donors (Lipinski definition) is 2. The lowest BCUT2D eigenvalue weighted by molar-refractivity contribution is -0.123. The van der Waals surface area contributed by atoms with Crippen molar-refractivity contribution < 1.29 is 19.4 Å². The number of thiophene rings is 1. The monoisotopic (exact) mass is 283 g/mol. The highest BCUT2D eigenvalue weighted by Crippen LogP contribution is 2.44. The number of rotatable bonds is 2. The minimum atomic E-state index is -0.873. The molecular weight excluding hydrogens is 266 g/mol. The Morgan fingerprint density at radius 2 is 2.05 bits per heavy atom. The topological polar surface area (TPSA) is 75.6 Å². The van der Waals surface area contributed by atoms with Crippen LogP contribution in [0.25, 0.3) is 0 Å². The Labute approximate surface area is 115 Å². The molecule has 2 rings (SSSR count). The molecule has 0 unspecified atom stereocenters. The van der Waals surface area contributed by atoms with Gasteiger partial charge in [-0.3, -0.25) is 9.59 Å². The number of aliphatic hydroxyl groups is 1.